The van der Waals surface area contributed by atoms with E-state index in [2.05, 4.69) is 6.58 Å². The molecule has 1 nitrogen and oxygen atoms in total. The number of hydrogen-bond donors (Lipinski definition) is 1. The Kier molecular flexibility index (Phi) is 5.09. The summed E-state index contributed by atoms with van der Waals surface area (Å²) in [6.07, 6.45) is 2.88. The van der Waals surface area contributed by atoms with E-state index < -0.39 is 0 Å². The van der Waals surface area contributed by atoms with Crippen molar-refractivity contribution in [2.24, 2.45) is 5.14 Å². The first-order valence-corrected chi connectivity index (χ1v) is 2.89. The summed E-state index contributed by atoms with van der Waals surface area (Å²) in [6.45, 7) is 3.53. The molecule has 2 heteroatoms. The Balaban J connectivity index is 2.49. The van der Waals surface area contributed by atoms with Gasteiger partial charge in [0, 0.05) is 5.75 Å². The Morgan fingerprint density at radius 2 is 2.50 bits per heavy atom. The molecule has 0 aromatic heterocycles. The van der Waals surface area contributed by atoms with Crippen molar-refractivity contribution in [3.8, 4) is 0 Å². The second-order valence-corrected chi connectivity index (χ2v) is 1.69. The van der Waals surface area contributed by atoms with E-state index in [9.17, 15) is 0 Å². The highest BCUT2D eigenvalue weighted by molar-refractivity contribution is 7.97. The first-order valence-electron chi connectivity index (χ1n) is 1.84. The molecule has 0 saturated heterocycles. The topological polar surface area (TPSA) is 26.0 Å². The fourth-order valence-corrected chi connectivity index (χ4v) is 0.454. The van der Waals surface area contributed by atoms with Crippen LogP contribution in [0.4, 0.5) is 0 Å². The Labute approximate surface area is 42.7 Å². The van der Waals surface area contributed by atoms with Crippen LogP contribution in [-0.2, 0) is 0 Å². The van der Waals surface area contributed by atoms with Gasteiger partial charge in [-0.25, -0.2) is 0 Å². The van der Waals surface area contributed by atoms with Crippen molar-refractivity contribution in [2.45, 2.75) is 6.42 Å². The van der Waals surface area contributed by atoms with Gasteiger partial charge in [-0.1, -0.05) is 18.0 Å². The summed E-state index contributed by atoms with van der Waals surface area (Å²) in [7, 11) is 0. The van der Waals surface area contributed by atoms with Crippen LogP contribution in [0.3, 0.4) is 0 Å². The lowest BCUT2D eigenvalue weighted by Gasteiger charge is -1.82. The number of nitrogens with two attached hydrogens (primary N) is 1. The van der Waals surface area contributed by atoms with E-state index in [1.165, 1.54) is 11.9 Å². The minimum absolute atomic E-state index is 0.990. The summed E-state index contributed by atoms with van der Waals surface area (Å²) in [5.41, 5.74) is 0. The largest absolute Gasteiger partial charge is 0.278 e. The van der Waals surface area contributed by atoms with Gasteiger partial charge in [0.05, 0.1) is 0 Å². The van der Waals surface area contributed by atoms with Crippen LogP contribution < -0.4 is 5.14 Å². The molecule has 0 saturated carbocycles. The van der Waals surface area contributed by atoms with Gasteiger partial charge in [-0.2, -0.15) is 0 Å². The smallest absolute Gasteiger partial charge is 0.0111 e. The molecule has 0 unspecified atom stereocenters. The Morgan fingerprint density at radius 1 is 1.83 bits per heavy atom. The fraction of sp³-hybridized carbons (Fsp3) is 0.500. The van der Waals surface area contributed by atoms with Gasteiger partial charge in [-0.05, 0) is 6.42 Å². The molecule has 0 rings (SSSR count). The molecule has 0 heterocycles. The molecule has 0 aromatic carbocycles. The zero-order chi connectivity index (χ0) is 4.83. The summed E-state index contributed by atoms with van der Waals surface area (Å²) < 4.78 is 0. The van der Waals surface area contributed by atoms with Crippen LogP contribution in [0.25, 0.3) is 0 Å². The van der Waals surface area contributed by atoms with Crippen molar-refractivity contribution >= 4 is 11.9 Å². The summed E-state index contributed by atoms with van der Waals surface area (Å²) in [5.74, 6) is 0.990. The van der Waals surface area contributed by atoms with E-state index in [1.54, 1.807) is 0 Å². The van der Waals surface area contributed by atoms with E-state index in [-0.39, 0.29) is 0 Å². The average molecular weight is 103 g/mol. The van der Waals surface area contributed by atoms with E-state index in [4.69, 9.17) is 5.14 Å². The molecule has 0 amide bonds. The minimum Gasteiger partial charge on any atom is -0.278 e. The molecular formula is C4H9NS. The quantitative estimate of drug-likeness (QED) is 0.329. The predicted molar refractivity (Wildman–Crippen MR) is 31.5 cm³/mol. The molecule has 2 N–H and O–H groups in total. The molecule has 0 aliphatic heterocycles. The van der Waals surface area contributed by atoms with Crippen LogP contribution in [0.15, 0.2) is 12.7 Å². The van der Waals surface area contributed by atoms with Crippen molar-refractivity contribution < 1.29 is 0 Å². The third-order valence-electron chi connectivity index (χ3n) is 0.440. The van der Waals surface area contributed by atoms with E-state index >= 15 is 0 Å². The number of allylic oxidation sites excluding steroid dienone is 1. The minimum atomic E-state index is 0.990. The van der Waals surface area contributed by atoms with Crippen molar-refractivity contribution in [1.29, 1.82) is 0 Å². The van der Waals surface area contributed by atoms with Gasteiger partial charge in [-0.3, -0.25) is 5.14 Å². The van der Waals surface area contributed by atoms with Crippen LogP contribution in [0, 0.1) is 0 Å². The third-order valence-corrected chi connectivity index (χ3v) is 0.911. The maximum Gasteiger partial charge on any atom is 0.0111 e. The van der Waals surface area contributed by atoms with E-state index in [1.807, 2.05) is 6.08 Å². The van der Waals surface area contributed by atoms with E-state index in [0.29, 0.717) is 0 Å². The average Bonchev–Trinajstić information content (AvgIpc) is 1.61. The molecule has 36 valence electrons. The van der Waals surface area contributed by atoms with Gasteiger partial charge in [0.2, 0.25) is 0 Å². The third kappa shape index (κ3) is 4.05. The van der Waals surface area contributed by atoms with Crippen LogP contribution in [0.1, 0.15) is 6.42 Å². The van der Waals surface area contributed by atoms with Crippen LogP contribution in [-0.4, -0.2) is 5.75 Å². The highest BCUT2D eigenvalue weighted by Crippen LogP contribution is 1.88. The first-order chi connectivity index (χ1) is 2.91. The molecule has 6 heavy (non-hydrogen) atoms. The van der Waals surface area contributed by atoms with Gasteiger partial charge in [0.15, 0.2) is 0 Å². The molecule has 0 aliphatic rings. The highest BCUT2D eigenvalue weighted by atomic mass is 32.2. The van der Waals surface area contributed by atoms with Crippen LogP contribution >= 0.6 is 11.9 Å². The Morgan fingerprint density at radius 3 is 2.67 bits per heavy atom. The first kappa shape index (κ1) is 6.05. The van der Waals surface area contributed by atoms with Crippen molar-refractivity contribution in [3.05, 3.63) is 12.7 Å². The van der Waals surface area contributed by atoms with Gasteiger partial charge >= 0.3 is 0 Å². The highest BCUT2D eigenvalue weighted by Gasteiger charge is 1.71. The van der Waals surface area contributed by atoms with E-state index in [0.717, 1.165) is 12.2 Å². The molecule has 0 aromatic rings. The second kappa shape index (κ2) is 5.05. The molecule has 0 fully saturated rings. The van der Waals surface area contributed by atoms with Crippen LogP contribution in [0.5, 0.6) is 0 Å². The second-order valence-electron chi connectivity index (χ2n) is 0.948. The van der Waals surface area contributed by atoms with Crippen molar-refractivity contribution in [3.63, 3.8) is 0 Å². The zero-order valence-corrected chi connectivity index (χ0v) is 4.50. The van der Waals surface area contributed by atoms with Crippen molar-refractivity contribution in [1.82, 2.24) is 0 Å². The Hall–Kier alpha value is 0.0500. The Bertz CT molecular complexity index is 36.5. The summed E-state index contributed by atoms with van der Waals surface area (Å²) in [6, 6.07) is 0. The maximum absolute atomic E-state index is 5.08. The standard InChI is InChI=1S/C4H9NS/c1-2-3-4-6-5/h2H,1,3-5H2. The SMILES string of the molecule is C=CCCSN. The fourth-order valence-electron chi connectivity index (χ4n) is 0.151. The van der Waals surface area contributed by atoms with Crippen LogP contribution in [0.2, 0.25) is 0 Å². The molecule has 0 bridgehead atoms. The van der Waals surface area contributed by atoms with Gasteiger partial charge in [0.1, 0.15) is 0 Å². The lowest BCUT2D eigenvalue weighted by Crippen LogP contribution is -1.80. The summed E-state index contributed by atoms with van der Waals surface area (Å²) >= 11 is 1.35. The van der Waals surface area contributed by atoms with Crippen molar-refractivity contribution in [2.75, 3.05) is 5.75 Å². The number of hydrogen-bond acceptors (Lipinski definition) is 2. The van der Waals surface area contributed by atoms with Gasteiger partial charge in [-0.15, -0.1) is 6.58 Å². The summed E-state index contributed by atoms with van der Waals surface area (Å²) in [4.78, 5) is 0. The van der Waals surface area contributed by atoms with Gasteiger partial charge in [0.25, 0.3) is 0 Å². The predicted octanol–water partition coefficient (Wildman–Crippen LogP) is 1.17. The molecular weight excluding hydrogens is 94.1 g/mol. The molecule has 0 aliphatic carbocycles. The zero-order valence-electron chi connectivity index (χ0n) is 3.68. The molecule has 0 radical (unpaired) electrons. The molecule has 0 atom stereocenters. The monoisotopic (exact) mass is 103 g/mol. The normalized spacial score (nSPS) is 8.17. The summed E-state index contributed by atoms with van der Waals surface area (Å²) in [5, 5.41) is 5.08. The lowest BCUT2D eigenvalue weighted by molar-refractivity contribution is 1.25. The lowest BCUT2D eigenvalue weighted by atomic mass is 10.5. The van der Waals surface area contributed by atoms with Gasteiger partial charge < -0.3 is 0 Å². The number of rotatable bonds is 3. The maximum atomic E-state index is 5.08. The molecule has 0 spiro atoms.